The van der Waals surface area contributed by atoms with E-state index in [1.165, 1.54) is 30.6 Å². The van der Waals surface area contributed by atoms with Crippen molar-refractivity contribution in [2.75, 3.05) is 6.61 Å². The van der Waals surface area contributed by atoms with Gasteiger partial charge in [-0.05, 0) is 57.1 Å². The number of aryl methyl sites for hydroxylation is 1. The quantitative estimate of drug-likeness (QED) is 0.577. The van der Waals surface area contributed by atoms with Crippen LogP contribution in [-0.4, -0.2) is 18.0 Å². The van der Waals surface area contributed by atoms with E-state index in [0.29, 0.717) is 5.92 Å². The van der Waals surface area contributed by atoms with Gasteiger partial charge in [0.2, 0.25) is 0 Å². The first-order chi connectivity index (χ1) is 10.2. The summed E-state index contributed by atoms with van der Waals surface area (Å²) in [5.41, 5.74) is -0.0465. The molecule has 3 heteroatoms. The summed E-state index contributed by atoms with van der Waals surface area (Å²) in [6.07, 6.45) is 13.0. The van der Waals surface area contributed by atoms with Gasteiger partial charge >= 0.3 is 0 Å². The molecule has 1 atom stereocenters. The number of hydrogen-bond donors (Lipinski definition) is 0. The minimum atomic E-state index is -0.0465. The van der Waals surface area contributed by atoms with Gasteiger partial charge in [-0.15, -0.1) is 11.3 Å². The van der Waals surface area contributed by atoms with Crippen LogP contribution in [0.4, 0.5) is 0 Å². The van der Waals surface area contributed by atoms with E-state index in [4.69, 9.17) is 4.74 Å². The molecule has 1 aromatic heterocycles. The standard InChI is InChI=1S/C18H24O2S/c1-14(19)17-9-8-16(21-17)10-12-18(11-4-5-13-20-18)15-6-2-3-7-15/h4,8-9,11,15H,2-3,5-7,10,12-13H2,1H3. The summed E-state index contributed by atoms with van der Waals surface area (Å²) >= 11 is 1.64. The average molecular weight is 304 g/mol. The third-order valence-electron chi connectivity index (χ3n) is 4.87. The molecule has 0 N–H and O–H groups in total. The van der Waals surface area contributed by atoms with E-state index in [1.807, 2.05) is 6.07 Å². The molecular weight excluding hydrogens is 280 g/mol. The molecule has 0 amide bonds. The van der Waals surface area contributed by atoms with Crippen LogP contribution in [0.5, 0.6) is 0 Å². The van der Waals surface area contributed by atoms with Gasteiger partial charge in [0.25, 0.3) is 0 Å². The second kappa shape index (κ2) is 6.45. The summed E-state index contributed by atoms with van der Waals surface area (Å²) in [5.74, 6) is 0.854. The predicted octanol–water partition coefficient (Wildman–Crippen LogP) is 4.79. The second-order valence-electron chi connectivity index (χ2n) is 6.30. The normalized spacial score (nSPS) is 26.3. The summed E-state index contributed by atoms with van der Waals surface area (Å²) in [5, 5.41) is 0. The summed E-state index contributed by atoms with van der Waals surface area (Å²) < 4.78 is 6.28. The molecule has 0 saturated heterocycles. The van der Waals surface area contributed by atoms with Gasteiger partial charge in [0, 0.05) is 4.88 Å². The summed E-state index contributed by atoms with van der Waals surface area (Å²) in [7, 11) is 0. The zero-order valence-corrected chi connectivity index (χ0v) is 13.6. The molecule has 0 bridgehead atoms. The zero-order valence-electron chi connectivity index (χ0n) is 12.8. The zero-order chi connectivity index (χ0) is 14.7. The molecule has 1 aliphatic heterocycles. The van der Waals surface area contributed by atoms with Crippen molar-refractivity contribution >= 4 is 17.1 Å². The van der Waals surface area contributed by atoms with E-state index in [1.54, 1.807) is 18.3 Å². The van der Waals surface area contributed by atoms with Crippen molar-refractivity contribution in [1.82, 2.24) is 0 Å². The first-order valence-corrected chi connectivity index (χ1v) is 8.92. The van der Waals surface area contributed by atoms with Crippen molar-refractivity contribution in [1.29, 1.82) is 0 Å². The lowest BCUT2D eigenvalue weighted by Gasteiger charge is -2.39. The highest BCUT2D eigenvalue weighted by molar-refractivity contribution is 7.14. The van der Waals surface area contributed by atoms with Crippen molar-refractivity contribution in [2.45, 2.75) is 57.5 Å². The van der Waals surface area contributed by atoms with E-state index in [0.717, 1.165) is 30.7 Å². The summed E-state index contributed by atoms with van der Waals surface area (Å²) in [6.45, 7) is 2.50. The van der Waals surface area contributed by atoms with Crippen LogP contribution in [0.3, 0.4) is 0 Å². The second-order valence-corrected chi connectivity index (χ2v) is 7.47. The van der Waals surface area contributed by atoms with Crippen LogP contribution in [-0.2, 0) is 11.2 Å². The average Bonchev–Trinajstić information content (AvgIpc) is 3.18. The first kappa shape index (κ1) is 15.0. The maximum absolute atomic E-state index is 11.4. The van der Waals surface area contributed by atoms with Crippen molar-refractivity contribution in [3.63, 3.8) is 0 Å². The molecule has 1 aliphatic carbocycles. The fraction of sp³-hybridized carbons (Fsp3) is 0.611. The molecule has 1 unspecified atom stereocenters. The molecular formula is C18H24O2S. The Morgan fingerprint density at radius 3 is 2.81 bits per heavy atom. The van der Waals surface area contributed by atoms with Gasteiger partial charge in [-0.3, -0.25) is 4.79 Å². The van der Waals surface area contributed by atoms with E-state index >= 15 is 0 Å². The Kier molecular flexibility index (Phi) is 4.60. The maximum Gasteiger partial charge on any atom is 0.169 e. The Balaban J connectivity index is 1.70. The first-order valence-electron chi connectivity index (χ1n) is 8.11. The molecule has 0 spiro atoms. The highest BCUT2D eigenvalue weighted by Gasteiger charge is 2.39. The van der Waals surface area contributed by atoms with Gasteiger partial charge in [0.1, 0.15) is 0 Å². The number of thiophene rings is 1. The molecule has 1 fully saturated rings. The molecule has 3 rings (SSSR count). The van der Waals surface area contributed by atoms with E-state index in [-0.39, 0.29) is 11.4 Å². The smallest absolute Gasteiger partial charge is 0.169 e. The molecule has 0 aromatic carbocycles. The fourth-order valence-electron chi connectivity index (χ4n) is 3.70. The van der Waals surface area contributed by atoms with Gasteiger partial charge in [-0.25, -0.2) is 0 Å². The number of ketones is 1. The van der Waals surface area contributed by atoms with Crippen molar-refractivity contribution in [3.05, 3.63) is 34.0 Å². The van der Waals surface area contributed by atoms with Gasteiger partial charge in [0.05, 0.1) is 17.1 Å². The summed E-state index contributed by atoms with van der Waals surface area (Å²) in [4.78, 5) is 13.6. The van der Waals surface area contributed by atoms with Gasteiger partial charge < -0.3 is 4.74 Å². The van der Waals surface area contributed by atoms with Crippen LogP contribution in [0.25, 0.3) is 0 Å². The van der Waals surface area contributed by atoms with Crippen LogP contribution >= 0.6 is 11.3 Å². The Bertz CT molecular complexity index is 525. The van der Waals surface area contributed by atoms with E-state index in [9.17, 15) is 4.79 Å². The van der Waals surface area contributed by atoms with E-state index < -0.39 is 0 Å². The minimum Gasteiger partial charge on any atom is -0.370 e. The molecule has 114 valence electrons. The lowest BCUT2D eigenvalue weighted by atomic mass is 9.80. The van der Waals surface area contributed by atoms with Crippen molar-refractivity contribution in [2.24, 2.45) is 5.92 Å². The number of carbonyl (C=O) groups is 1. The van der Waals surface area contributed by atoms with Gasteiger partial charge in [-0.2, -0.15) is 0 Å². The fourth-order valence-corrected chi connectivity index (χ4v) is 4.60. The molecule has 2 aliphatic rings. The molecule has 2 nitrogen and oxygen atoms in total. The number of carbonyl (C=O) groups excluding carboxylic acids is 1. The molecule has 21 heavy (non-hydrogen) atoms. The van der Waals surface area contributed by atoms with Crippen LogP contribution in [0.15, 0.2) is 24.3 Å². The highest BCUT2D eigenvalue weighted by atomic mass is 32.1. The summed E-state index contributed by atoms with van der Waals surface area (Å²) in [6, 6.07) is 4.07. The molecule has 0 radical (unpaired) electrons. The van der Waals surface area contributed by atoms with Crippen LogP contribution < -0.4 is 0 Å². The largest absolute Gasteiger partial charge is 0.370 e. The third kappa shape index (κ3) is 3.29. The number of ether oxygens (including phenoxy) is 1. The highest BCUT2D eigenvalue weighted by Crippen LogP contribution is 2.42. The number of Topliss-reactive ketones (excluding diaryl/α,β-unsaturated/α-hetero) is 1. The molecule has 1 saturated carbocycles. The predicted molar refractivity (Wildman–Crippen MR) is 87.0 cm³/mol. The van der Waals surface area contributed by atoms with Crippen molar-refractivity contribution in [3.8, 4) is 0 Å². The Morgan fingerprint density at radius 1 is 1.38 bits per heavy atom. The van der Waals surface area contributed by atoms with Crippen LogP contribution in [0, 0.1) is 5.92 Å². The Morgan fingerprint density at radius 2 is 2.19 bits per heavy atom. The van der Waals surface area contributed by atoms with Crippen LogP contribution in [0.1, 0.15) is 60.0 Å². The lowest BCUT2D eigenvalue weighted by Crippen LogP contribution is -2.40. The Labute approximate surface area is 131 Å². The number of hydrogen-bond acceptors (Lipinski definition) is 3. The van der Waals surface area contributed by atoms with Gasteiger partial charge in [0.15, 0.2) is 5.78 Å². The molecule has 1 aromatic rings. The monoisotopic (exact) mass is 304 g/mol. The lowest BCUT2D eigenvalue weighted by molar-refractivity contribution is -0.0599. The maximum atomic E-state index is 11.4. The molecule has 2 heterocycles. The van der Waals surface area contributed by atoms with Gasteiger partial charge in [-0.1, -0.05) is 25.0 Å². The van der Waals surface area contributed by atoms with Crippen molar-refractivity contribution < 1.29 is 9.53 Å². The van der Waals surface area contributed by atoms with E-state index in [2.05, 4.69) is 18.2 Å². The number of rotatable bonds is 5. The minimum absolute atomic E-state index is 0.0465. The third-order valence-corrected chi connectivity index (χ3v) is 6.12. The Hall–Kier alpha value is -0.930. The SMILES string of the molecule is CC(=O)c1ccc(CCC2(C3CCCC3)C=CCCO2)s1. The van der Waals surface area contributed by atoms with Crippen LogP contribution in [0.2, 0.25) is 0 Å². The topological polar surface area (TPSA) is 26.3 Å².